The Morgan fingerprint density at radius 3 is 2.25 bits per heavy atom. The minimum Gasteiger partial charge on any atom is -0.385 e. The van der Waals surface area contributed by atoms with E-state index in [9.17, 15) is 5.11 Å². The Hall–Kier alpha value is -0.120. The van der Waals surface area contributed by atoms with Gasteiger partial charge in [-0.25, -0.2) is 0 Å². The third-order valence-corrected chi connectivity index (χ3v) is 2.03. The van der Waals surface area contributed by atoms with Gasteiger partial charge >= 0.3 is 0 Å². The molecular formula is C9H20O3. The third kappa shape index (κ3) is 3.52. The van der Waals surface area contributed by atoms with Gasteiger partial charge in [-0.2, -0.15) is 0 Å². The van der Waals surface area contributed by atoms with Crippen LogP contribution in [0.5, 0.6) is 0 Å². The molecule has 0 aromatic heterocycles. The zero-order chi connectivity index (χ0) is 9.61. The van der Waals surface area contributed by atoms with E-state index in [0.717, 1.165) is 0 Å². The molecule has 0 fully saturated rings. The van der Waals surface area contributed by atoms with Crippen LogP contribution in [0.4, 0.5) is 0 Å². The molecule has 0 aromatic carbocycles. The molecule has 1 unspecified atom stereocenters. The molecule has 0 bridgehead atoms. The highest BCUT2D eigenvalue weighted by molar-refractivity contribution is 4.81. The summed E-state index contributed by atoms with van der Waals surface area (Å²) in [5, 5.41) is 9.97. The number of hydrogen-bond acceptors (Lipinski definition) is 3. The van der Waals surface area contributed by atoms with Gasteiger partial charge in [0.05, 0.1) is 13.2 Å². The second kappa shape index (κ2) is 5.51. The zero-order valence-corrected chi connectivity index (χ0v) is 8.46. The van der Waals surface area contributed by atoms with Crippen molar-refractivity contribution in [3.63, 3.8) is 0 Å². The molecule has 1 N–H and O–H groups in total. The van der Waals surface area contributed by atoms with Crippen LogP contribution in [0.15, 0.2) is 0 Å². The molecule has 0 amide bonds. The number of ether oxygens (including phenoxy) is 2. The van der Waals surface area contributed by atoms with Crippen LogP contribution in [0, 0.1) is 5.92 Å². The molecule has 3 heteroatoms. The molecule has 0 aliphatic heterocycles. The first-order valence-corrected chi connectivity index (χ1v) is 4.36. The predicted molar refractivity (Wildman–Crippen MR) is 48.2 cm³/mol. The molecule has 0 aliphatic carbocycles. The Labute approximate surface area is 74.7 Å². The molecule has 0 radical (unpaired) electrons. The fraction of sp³-hybridized carbons (Fsp3) is 1.00. The van der Waals surface area contributed by atoms with E-state index in [0.29, 0.717) is 19.8 Å². The minimum atomic E-state index is -0.843. The lowest BCUT2D eigenvalue weighted by atomic mass is 9.92. The SMILES string of the molecule is CCOCC(O)(COC)C(C)C. The van der Waals surface area contributed by atoms with Crippen molar-refractivity contribution < 1.29 is 14.6 Å². The van der Waals surface area contributed by atoms with Gasteiger partial charge in [-0.1, -0.05) is 13.8 Å². The van der Waals surface area contributed by atoms with Gasteiger partial charge in [0.1, 0.15) is 5.60 Å². The van der Waals surface area contributed by atoms with Crippen LogP contribution < -0.4 is 0 Å². The van der Waals surface area contributed by atoms with E-state index < -0.39 is 5.60 Å². The van der Waals surface area contributed by atoms with Crippen molar-refractivity contribution >= 4 is 0 Å². The summed E-state index contributed by atoms with van der Waals surface area (Å²) in [7, 11) is 1.58. The molecule has 12 heavy (non-hydrogen) atoms. The molecule has 0 heterocycles. The van der Waals surface area contributed by atoms with E-state index in [1.54, 1.807) is 7.11 Å². The molecule has 0 saturated carbocycles. The first-order chi connectivity index (χ1) is 5.56. The van der Waals surface area contributed by atoms with Crippen LogP contribution >= 0.6 is 0 Å². The Bertz CT molecular complexity index is 114. The van der Waals surface area contributed by atoms with E-state index in [2.05, 4.69) is 0 Å². The smallest absolute Gasteiger partial charge is 0.113 e. The molecule has 3 nitrogen and oxygen atoms in total. The Balaban J connectivity index is 3.99. The maximum Gasteiger partial charge on any atom is 0.113 e. The standard InChI is InChI=1S/C9H20O3/c1-5-12-7-9(10,6-11-4)8(2)3/h8,10H,5-7H2,1-4H3. The predicted octanol–water partition coefficient (Wildman–Crippen LogP) is 1.06. The molecular weight excluding hydrogens is 156 g/mol. The highest BCUT2D eigenvalue weighted by Crippen LogP contribution is 2.17. The van der Waals surface area contributed by atoms with Crippen LogP contribution in [0.2, 0.25) is 0 Å². The van der Waals surface area contributed by atoms with Crippen molar-refractivity contribution in [3.05, 3.63) is 0 Å². The molecule has 0 spiro atoms. The highest BCUT2D eigenvalue weighted by atomic mass is 16.5. The van der Waals surface area contributed by atoms with Gasteiger partial charge in [0.25, 0.3) is 0 Å². The highest BCUT2D eigenvalue weighted by Gasteiger charge is 2.31. The van der Waals surface area contributed by atoms with Crippen molar-refractivity contribution in [3.8, 4) is 0 Å². The lowest BCUT2D eigenvalue weighted by Crippen LogP contribution is -2.44. The Morgan fingerprint density at radius 2 is 1.92 bits per heavy atom. The first-order valence-electron chi connectivity index (χ1n) is 4.36. The second-order valence-corrected chi connectivity index (χ2v) is 3.33. The first kappa shape index (κ1) is 11.9. The minimum absolute atomic E-state index is 0.143. The average Bonchev–Trinajstić information content (AvgIpc) is 2.01. The van der Waals surface area contributed by atoms with E-state index in [-0.39, 0.29) is 5.92 Å². The van der Waals surface area contributed by atoms with E-state index in [4.69, 9.17) is 9.47 Å². The zero-order valence-electron chi connectivity index (χ0n) is 8.46. The fourth-order valence-corrected chi connectivity index (χ4v) is 0.904. The van der Waals surface area contributed by atoms with Crippen LogP contribution in [-0.4, -0.2) is 37.6 Å². The summed E-state index contributed by atoms with van der Waals surface area (Å²) in [6.45, 7) is 7.11. The fourth-order valence-electron chi connectivity index (χ4n) is 0.904. The van der Waals surface area contributed by atoms with Crippen molar-refractivity contribution in [2.24, 2.45) is 5.92 Å². The van der Waals surface area contributed by atoms with Gasteiger partial charge in [0, 0.05) is 13.7 Å². The monoisotopic (exact) mass is 176 g/mol. The summed E-state index contributed by atoms with van der Waals surface area (Å²) in [6, 6.07) is 0. The van der Waals surface area contributed by atoms with E-state index in [1.807, 2.05) is 20.8 Å². The van der Waals surface area contributed by atoms with E-state index in [1.165, 1.54) is 0 Å². The van der Waals surface area contributed by atoms with Crippen LogP contribution in [0.25, 0.3) is 0 Å². The van der Waals surface area contributed by atoms with Crippen molar-refractivity contribution in [2.75, 3.05) is 26.9 Å². The molecule has 1 atom stereocenters. The van der Waals surface area contributed by atoms with Gasteiger partial charge in [-0.05, 0) is 12.8 Å². The van der Waals surface area contributed by atoms with Crippen LogP contribution in [0.3, 0.4) is 0 Å². The molecule has 0 aromatic rings. The lowest BCUT2D eigenvalue weighted by molar-refractivity contribution is -0.112. The van der Waals surface area contributed by atoms with Crippen molar-refractivity contribution in [1.29, 1.82) is 0 Å². The molecule has 0 aliphatic rings. The number of hydrogen-bond donors (Lipinski definition) is 1. The average molecular weight is 176 g/mol. The van der Waals surface area contributed by atoms with Crippen LogP contribution in [-0.2, 0) is 9.47 Å². The quantitative estimate of drug-likeness (QED) is 0.657. The normalized spacial score (nSPS) is 16.5. The maximum absolute atomic E-state index is 9.97. The number of aliphatic hydroxyl groups is 1. The number of methoxy groups -OCH3 is 1. The molecule has 0 saturated heterocycles. The summed E-state index contributed by atoms with van der Waals surface area (Å²) < 4.78 is 10.1. The summed E-state index contributed by atoms with van der Waals surface area (Å²) in [5.41, 5.74) is -0.843. The summed E-state index contributed by atoms with van der Waals surface area (Å²) in [4.78, 5) is 0. The third-order valence-electron chi connectivity index (χ3n) is 2.03. The Kier molecular flexibility index (Phi) is 5.46. The van der Waals surface area contributed by atoms with Gasteiger partial charge in [-0.3, -0.25) is 0 Å². The van der Waals surface area contributed by atoms with Crippen molar-refractivity contribution in [1.82, 2.24) is 0 Å². The van der Waals surface area contributed by atoms with Gasteiger partial charge < -0.3 is 14.6 Å². The van der Waals surface area contributed by atoms with Crippen LogP contribution in [0.1, 0.15) is 20.8 Å². The largest absolute Gasteiger partial charge is 0.385 e. The van der Waals surface area contributed by atoms with Gasteiger partial charge in [0.2, 0.25) is 0 Å². The van der Waals surface area contributed by atoms with Gasteiger partial charge in [-0.15, -0.1) is 0 Å². The summed E-state index contributed by atoms with van der Waals surface area (Å²) in [6.07, 6.45) is 0. The number of rotatable bonds is 6. The lowest BCUT2D eigenvalue weighted by Gasteiger charge is -2.30. The molecule has 74 valence electrons. The van der Waals surface area contributed by atoms with E-state index >= 15 is 0 Å². The summed E-state index contributed by atoms with van der Waals surface area (Å²) >= 11 is 0. The van der Waals surface area contributed by atoms with Crippen molar-refractivity contribution in [2.45, 2.75) is 26.4 Å². The summed E-state index contributed by atoms with van der Waals surface area (Å²) in [5.74, 6) is 0.143. The molecule has 0 rings (SSSR count). The van der Waals surface area contributed by atoms with Gasteiger partial charge in [0.15, 0.2) is 0 Å². The maximum atomic E-state index is 9.97. The Morgan fingerprint density at radius 1 is 1.33 bits per heavy atom. The second-order valence-electron chi connectivity index (χ2n) is 3.33. The topological polar surface area (TPSA) is 38.7 Å².